The Labute approximate surface area is 115 Å². The van der Waals surface area contributed by atoms with Gasteiger partial charge >= 0.3 is 0 Å². The zero-order valence-corrected chi connectivity index (χ0v) is 10.8. The van der Waals surface area contributed by atoms with Gasteiger partial charge in [0, 0.05) is 24.7 Å². The fourth-order valence-electron chi connectivity index (χ4n) is 1.99. The molecule has 2 heterocycles. The molecule has 100 valence electrons. The molecule has 6 nitrogen and oxygen atoms in total. The molecule has 1 aliphatic rings. The topological polar surface area (TPSA) is 94.5 Å². The van der Waals surface area contributed by atoms with Crippen LogP contribution in [0, 0.1) is 11.3 Å². The number of hydrogen-bond acceptors (Lipinski definition) is 5. The third-order valence-corrected chi connectivity index (χ3v) is 3.23. The minimum absolute atomic E-state index is 0.153. The highest BCUT2D eigenvalue weighted by atomic mass is 16.1. The van der Waals surface area contributed by atoms with Crippen LogP contribution in [0.15, 0.2) is 29.2 Å². The minimum Gasteiger partial charge on any atom is -0.363 e. The Bertz CT molecular complexity index is 727. The number of anilines is 1. The second-order valence-corrected chi connectivity index (χ2v) is 4.83. The van der Waals surface area contributed by atoms with E-state index >= 15 is 0 Å². The van der Waals surface area contributed by atoms with Crippen molar-refractivity contribution in [2.75, 3.05) is 5.32 Å². The van der Waals surface area contributed by atoms with Gasteiger partial charge in [0.15, 0.2) is 5.82 Å². The minimum atomic E-state index is -0.153. The van der Waals surface area contributed by atoms with Crippen LogP contribution >= 0.6 is 0 Å². The lowest BCUT2D eigenvalue weighted by atomic mass is 10.2. The fourth-order valence-corrected chi connectivity index (χ4v) is 1.99. The van der Waals surface area contributed by atoms with E-state index in [0.29, 0.717) is 23.8 Å². The molecule has 2 aromatic rings. The SMILES string of the molecule is N#Cc1cc(C2CC2)nnc1NCc1cc[nH]c(=O)c1. The van der Waals surface area contributed by atoms with E-state index in [1.165, 1.54) is 6.07 Å². The van der Waals surface area contributed by atoms with Gasteiger partial charge in [0.1, 0.15) is 6.07 Å². The molecule has 0 radical (unpaired) electrons. The summed E-state index contributed by atoms with van der Waals surface area (Å²) >= 11 is 0. The molecule has 0 aromatic carbocycles. The standard InChI is InChI=1S/C14H13N5O/c15-7-11-6-12(10-1-2-10)18-19-14(11)17-8-9-3-4-16-13(20)5-9/h3-6,10H,1-2,8H2,(H,16,20)(H,17,19). The van der Waals surface area contributed by atoms with Crippen molar-refractivity contribution in [3.63, 3.8) is 0 Å². The van der Waals surface area contributed by atoms with E-state index < -0.39 is 0 Å². The van der Waals surface area contributed by atoms with Crippen LogP contribution in [-0.2, 0) is 6.54 Å². The summed E-state index contributed by atoms with van der Waals surface area (Å²) in [6.45, 7) is 0.427. The van der Waals surface area contributed by atoms with Crippen LogP contribution < -0.4 is 10.9 Å². The van der Waals surface area contributed by atoms with Gasteiger partial charge in [0.05, 0.1) is 11.3 Å². The largest absolute Gasteiger partial charge is 0.363 e. The molecule has 1 fully saturated rings. The van der Waals surface area contributed by atoms with Crippen LogP contribution in [0.3, 0.4) is 0 Å². The molecule has 0 aliphatic heterocycles. The average Bonchev–Trinajstić information content (AvgIpc) is 3.29. The van der Waals surface area contributed by atoms with Crippen molar-refractivity contribution in [2.45, 2.75) is 25.3 Å². The Morgan fingerprint density at radius 1 is 1.40 bits per heavy atom. The van der Waals surface area contributed by atoms with Crippen LogP contribution in [0.5, 0.6) is 0 Å². The van der Waals surface area contributed by atoms with Gasteiger partial charge < -0.3 is 10.3 Å². The first-order valence-electron chi connectivity index (χ1n) is 6.45. The van der Waals surface area contributed by atoms with E-state index in [1.54, 1.807) is 18.3 Å². The third-order valence-electron chi connectivity index (χ3n) is 3.23. The number of H-pyrrole nitrogens is 1. The summed E-state index contributed by atoms with van der Waals surface area (Å²) in [5.74, 6) is 0.925. The maximum atomic E-state index is 11.2. The van der Waals surface area contributed by atoms with Crippen molar-refractivity contribution in [3.8, 4) is 6.07 Å². The molecule has 20 heavy (non-hydrogen) atoms. The lowest BCUT2D eigenvalue weighted by Gasteiger charge is -2.07. The predicted octanol–water partition coefficient (Wildman–Crippen LogP) is 1.53. The summed E-state index contributed by atoms with van der Waals surface area (Å²) in [6.07, 6.45) is 3.84. The van der Waals surface area contributed by atoms with Gasteiger partial charge in [-0.05, 0) is 30.5 Å². The molecule has 3 rings (SSSR count). The Balaban J connectivity index is 1.77. The second kappa shape index (κ2) is 5.13. The molecule has 1 saturated carbocycles. The van der Waals surface area contributed by atoms with Crippen molar-refractivity contribution in [2.24, 2.45) is 0 Å². The fraction of sp³-hybridized carbons (Fsp3) is 0.286. The van der Waals surface area contributed by atoms with Gasteiger partial charge in [0.25, 0.3) is 0 Å². The van der Waals surface area contributed by atoms with Gasteiger partial charge in [-0.15, -0.1) is 5.10 Å². The smallest absolute Gasteiger partial charge is 0.248 e. The summed E-state index contributed by atoms with van der Waals surface area (Å²) < 4.78 is 0. The first kappa shape index (κ1) is 12.4. The first-order chi connectivity index (χ1) is 9.76. The molecule has 0 spiro atoms. The van der Waals surface area contributed by atoms with Crippen LogP contribution in [0.25, 0.3) is 0 Å². The van der Waals surface area contributed by atoms with Crippen molar-refractivity contribution < 1.29 is 0 Å². The monoisotopic (exact) mass is 267 g/mol. The molecule has 0 atom stereocenters. The quantitative estimate of drug-likeness (QED) is 0.876. The van der Waals surface area contributed by atoms with Crippen molar-refractivity contribution in [1.29, 1.82) is 5.26 Å². The summed E-state index contributed by atoms with van der Waals surface area (Å²) in [5.41, 5.74) is 2.06. The summed E-state index contributed by atoms with van der Waals surface area (Å²) in [6, 6.07) is 7.23. The lowest BCUT2D eigenvalue weighted by molar-refractivity contribution is 0.900. The molecule has 6 heteroatoms. The molecule has 0 saturated heterocycles. The number of nitrogens with zero attached hydrogens (tertiary/aromatic N) is 3. The summed E-state index contributed by atoms with van der Waals surface area (Å²) in [5, 5.41) is 20.4. The highest BCUT2D eigenvalue weighted by Gasteiger charge is 2.26. The van der Waals surface area contributed by atoms with Crippen molar-refractivity contribution >= 4 is 5.82 Å². The van der Waals surface area contributed by atoms with Crippen molar-refractivity contribution in [1.82, 2.24) is 15.2 Å². The number of rotatable bonds is 4. The summed E-state index contributed by atoms with van der Waals surface area (Å²) in [4.78, 5) is 13.7. The highest BCUT2D eigenvalue weighted by Crippen LogP contribution is 2.39. The van der Waals surface area contributed by atoms with Gasteiger partial charge in [-0.1, -0.05) is 0 Å². The van der Waals surface area contributed by atoms with Gasteiger partial charge in [0.2, 0.25) is 5.56 Å². The van der Waals surface area contributed by atoms with E-state index in [4.69, 9.17) is 0 Å². The van der Waals surface area contributed by atoms with Gasteiger partial charge in [-0.2, -0.15) is 10.4 Å². The van der Waals surface area contributed by atoms with Crippen LogP contribution in [0.2, 0.25) is 0 Å². The van der Waals surface area contributed by atoms with Crippen LogP contribution in [0.1, 0.15) is 35.6 Å². The number of aromatic amines is 1. The van der Waals surface area contributed by atoms with Crippen LogP contribution in [0.4, 0.5) is 5.82 Å². The van der Waals surface area contributed by atoms with Gasteiger partial charge in [-0.25, -0.2) is 0 Å². The number of nitrogens with one attached hydrogen (secondary N) is 2. The summed E-state index contributed by atoms with van der Waals surface area (Å²) in [7, 11) is 0. The van der Waals surface area contributed by atoms with E-state index in [-0.39, 0.29) is 5.56 Å². The van der Waals surface area contributed by atoms with Gasteiger partial charge in [-0.3, -0.25) is 4.79 Å². The molecule has 2 aromatic heterocycles. The molecule has 0 unspecified atom stereocenters. The Kier molecular flexibility index (Phi) is 3.17. The first-order valence-corrected chi connectivity index (χ1v) is 6.45. The third kappa shape index (κ3) is 2.67. The van der Waals surface area contributed by atoms with E-state index in [9.17, 15) is 10.1 Å². The predicted molar refractivity (Wildman–Crippen MR) is 73.1 cm³/mol. The normalized spacial score (nSPS) is 13.8. The second-order valence-electron chi connectivity index (χ2n) is 4.83. The van der Waals surface area contributed by atoms with E-state index in [1.807, 2.05) is 0 Å². The lowest BCUT2D eigenvalue weighted by Crippen LogP contribution is -2.09. The number of nitriles is 1. The maximum absolute atomic E-state index is 11.2. The Morgan fingerprint density at radius 2 is 2.25 bits per heavy atom. The molecule has 1 aliphatic carbocycles. The number of aromatic nitrogens is 3. The zero-order chi connectivity index (χ0) is 13.9. The van der Waals surface area contributed by atoms with Crippen molar-refractivity contribution in [3.05, 3.63) is 51.6 Å². The average molecular weight is 267 g/mol. The molecule has 2 N–H and O–H groups in total. The van der Waals surface area contributed by atoms with E-state index in [2.05, 4.69) is 26.6 Å². The molecular weight excluding hydrogens is 254 g/mol. The molecule has 0 amide bonds. The molecular formula is C14H13N5O. The maximum Gasteiger partial charge on any atom is 0.248 e. The Hall–Kier alpha value is -2.68. The number of hydrogen-bond donors (Lipinski definition) is 2. The van der Waals surface area contributed by atoms with E-state index in [0.717, 1.165) is 24.1 Å². The highest BCUT2D eigenvalue weighted by molar-refractivity contribution is 5.52. The van der Waals surface area contributed by atoms with Crippen LogP contribution in [-0.4, -0.2) is 15.2 Å². The molecule has 0 bridgehead atoms. The number of pyridine rings is 1. The Morgan fingerprint density at radius 3 is 2.95 bits per heavy atom. The zero-order valence-electron chi connectivity index (χ0n) is 10.8.